The summed E-state index contributed by atoms with van der Waals surface area (Å²) in [6.07, 6.45) is 4.22. The molecule has 0 aromatic heterocycles. The molecule has 2 aliphatic rings. The topological polar surface area (TPSA) is 15.6 Å². The molecular formula is C16H12N2. The van der Waals surface area contributed by atoms with Gasteiger partial charge < -0.3 is 4.90 Å². The molecule has 2 aliphatic heterocycles. The molecule has 4 rings (SSSR count). The number of hydrogen-bond acceptors (Lipinski definition) is 2. The van der Waals surface area contributed by atoms with Crippen LogP contribution in [0.3, 0.4) is 0 Å². The summed E-state index contributed by atoms with van der Waals surface area (Å²) < 4.78 is 0. The molecule has 0 bridgehead atoms. The summed E-state index contributed by atoms with van der Waals surface area (Å²) >= 11 is 0. The van der Waals surface area contributed by atoms with E-state index >= 15 is 0 Å². The molecule has 2 heterocycles. The lowest BCUT2D eigenvalue weighted by Crippen LogP contribution is -2.40. The van der Waals surface area contributed by atoms with Crippen molar-refractivity contribution in [3.05, 3.63) is 64.5 Å². The van der Waals surface area contributed by atoms with Gasteiger partial charge in [-0.1, -0.05) is 48.5 Å². The molecule has 2 aromatic carbocycles. The van der Waals surface area contributed by atoms with Crippen LogP contribution in [-0.2, 0) is 0 Å². The number of aliphatic imine (C=N–C) groups is 1. The van der Waals surface area contributed by atoms with Crippen LogP contribution >= 0.6 is 0 Å². The standard InChI is InChI=1S/C16H12N2/c1-3-7-14-12(5-1)9-10-18-15-8-4-2-6-13(15)11-17-16(14)18/h1-9,11H,10H2. The van der Waals surface area contributed by atoms with Crippen molar-refractivity contribution >= 4 is 23.8 Å². The highest BCUT2D eigenvalue weighted by Crippen LogP contribution is 2.27. The third-order valence-corrected chi connectivity index (χ3v) is 3.50. The van der Waals surface area contributed by atoms with Gasteiger partial charge in [0.25, 0.3) is 0 Å². The Morgan fingerprint density at radius 3 is 2.78 bits per heavy atom. The fourth-order valence-electron chi connectivity index (χ4n) is 2.63. The van der Waals surface area contributed by atoms with Crippen molar-refractivity contribution in [2.24, 2.45) is 4.99 Å². The van der Waals surface area contributed by atoms with Crippen LogP contribution < -0.4 is 15.3 Å². The molecule has 2 aromatic rings. The molecule has 0 aliphatic carbocycles. The molecule has 0 fully saturated rings. The Hall–Kier alpha value is -2.35. The fraction of sp³-hybridized carbons (Fsp3) is 0.0625. The Morgan fingerprint density at radius 1 is 0.944 bits per heavy atom. The third kappa shape index (κ3) is 1.26. The molecule has 0 amide bonds. The maximum absolute atomic E-state index is 4.63. The van der Waals surface area contributed by atoms with Crippen LogP contribution in [0.5, 0.6) is 0 Å². The lowest BCUT2D eigenvalue weighted by molar-refractivity contribution is 1.06. The normalized spacial score (nSPS) is 15.6. The van der Waals surface area contributed by atoms with Crippen molar-refractivity contribution in [2.75, 3.05) is 11.4 Å². The maximum Gasteiger partial charge on any atom is 0.141 e. The summed E-state index contributed by atoms with van der Waals surface area (Å²) in [5.41, 5.74) is 2.43. The molecule has 0 unspecified atom stereocenters. The summed E-state index contributed by atoms with van der Waals surface area (Å²) in [5.74, 6) is 1.06. The van der Waals surface area contributed by atoms with Gasteiger partial charge in [-0.3, -0.25) is 0 Å². The third-order valence-electron chi connectivity index (χ3n) is 3.50. The number of hydrogen-bond donors (Lipinski definition) is 0. The lowest BCUT2D eigenvalue weighted by Gasteiger charge is -2.30. The van der Waals surface area contributed by atoms with Gasteiger partial charge in [0.2, 0.25) is 0 Å². The van der Waals surface area contributed by atoms with Crippen LogP contribution in [-0.4, -0.2) is 12.8 Å². The summed E-state index contributed by atoms with van der Waals surface area (Å²) in [7, 11) is 0. The summed E-state index contributed by atoms with van der Waals surface area (Å²) in [6, 6.07) is 16.8. The van der Waals surface area contributed by atoms with Gasteiger partial charge in [0.15, 0.2) is 0 Å². The van der Waals surface area contributed by atoms with E-state index in [1.165, 1.54) is 21.7 Å². The number of anilines is 1. The minimum absolute atomic E-state index is 0.890. The van der Waals surface area contributed by atoms with Crippen molar-refractivity contribution in [3.8, 4) is 0 Å². The number of benzene rings is 2. The molecule has 2 heteroatoms. The number of rotatable bonds is 0. The van der Waals surface area contributed by atoms with Crippen LogP contribution in [0.15, 0.2) is 53.5 Å². The first-order valence-corrected chi connectivity index (χ1v) is 6.14. The highest BCUT2D eigenvalue weighted by atomic mass is 15.2. The summed E-state index contributed by atoms with van der Waals surface area (Å²) in [4.78, 5) is 6.91. The smallest absolute Gasteiger partial charge is 0.141 e. The van der Waals surface area contributed by atoms with Gasteiger partial charge >= 0.3 is 0 Å². The lowest BCUT2D eigenvalue weighted by atomic mass is 10.1. The minimum Gasteiger partial charge on any atom is -0.321 e. The number of para-hydroxylation sites is 1. The molecule has 0 N–H and O–H groups in total. The molecule has 0 radical (unpaired) electrons. The molecule has 0 atom stereocenters. The largest absolute Gasteiger partial charge is 0.321 e. The van der Waals surface area contributed by atoms with Crippen LogP contribution in [0.2, 0.25) is 0 Å². The van der Waals surface area contributed by atoms with Gasteiger partial charge in [-0.05, 0) is 11.3 Å². The first-order valence-electron chi connectivity index (χ1n) is 6.14. The predicted octanol–water partition coefficient (Wildman–Crippen LogP) is 1.49. The zero-order valence-electron chi connectivity index (χ0n) is 9.88. The summed E-state index contributed by atoms with van der Waals surface area (Å²) in [5, 5.41) is 2.50. The van der Waals surface area contributed by atoms with Gasteiger partial charge in [-0.15, -0.1) is 0 Å². The van der Waals surface area contributed by atoms with E-state index < -0.39 is 0 Å². The molecule has 0 saturated carbocycles. The van der Waals surface area contributed by atoms with Gasteiger partial charge in [-0.25, -0.2) is 4.99 Å². The van der Waals surface area contributed by atoms with Gasteiger partial charge in [-0.2, -0.15) is 0 Å². The first-order chi connectivity index (χ1) is 8.93. The van der Waals surface area contributed by atoms with Crippen molar-refractivity contribution in [3.63, 3.8) is 0 Å². The second-order valence-electron chi connectivity index (χ2n) is 4.54. The Labute approximate surface area is 105 Å². The minimum atomic E-state index is 0.890. The van der Waals surface area contributed by atoms with E-state index in [9.17, 15) is 0 Å². The highest BCUT2D eigenvalue weighted by molar-refractivity contribution is 5.97. The van der Waals surface area contributed by atoms with E-state index in [4.69, 9.17) is 0 Å². The Kier molecular flexibility index (Phi) is 1.92. The van der Waals surface area contributed by atoms with Crippen LogP contribution in [0.4, 0.5) is 5.69 Å². The summed E-state index contributed by atoms with van der Waals surface area (Å²) in [6.45, 7) is 0.890. The van der Waals surface area contributed by atoms with Crippen LogP contribution in [0, 0.1) is 0 Å². The maximum atomic E-state index is 4.63. The van der Waals surface area contributed by atoms with Gasteiger partial charge in [0, 0.05) is 23.5 Å². The SMILES string of the molecule is C1=NC2=c3ccccc3=CCN2c2ccccc21. The first kappa shape index (κ1) is 9.66. The quantitative estimate of drug-likeness (QED) is 0.672. The van der Waals surface area contributed by atoms with E-state index in [2.05, 4.69) is 64.5 Å². The molecule has 86 valence electrons. The highest BCUT2D eigenvalue weighted by Gasteiger charge is 2.19. The van der Waals surface area contributed by atoms with Crippen LogP contribution in [0.25, 0.3) is 11.9 Å². The molecule has 0 saturated heterocycles. The van der Waals surface area contributed by atoms with Crippen molar-refractivity contribution in [1.82, 2.24) is 0 Å². The fourth-order valence-corrected chi connectivity index (χ4v) is 2.63. The molecule has 0 spiro atoms. The van der Waals surface area contributed by atoms with Crippen molar-refractivity contribution in [2.45, 2.75) is 0 Å². The Balaban J connectivity index is 2.06. The zero-order valence-corrected chi connectivity index (χ0v) is 9.88. The molecule has 18 heavy (non-hydrogen) atoms. The Bertz CT molecular complexity index is 772. The second-order valence-corrected chi connectivity index (χ2v) is 4.54. The van der Waals surface area contributed by atoms with Crippen molar-refractivity contribution in [1.29, 1.82) is 0 Å². The zero-order chi connectivity index (χ0) is 11.9. The molecule has 2 nitrogen and oxygen atoms in total. The van der Waals surface area contributed by atoms with E-state index in [1.54, 1.807) is 0 Å². The second kappa shape index (κ2) is 3.57. The van der Waals surface area contributed by atoms with Gasteiger partial charge in [0.1, 0.15) is 5.82 Å². The van der Waals surface area contributed by atoms with E-state index in [0.29, 0.717) is 0 Å². The number of fused-ring (bicyclic) bond motifs is 4. The van der Waals surface area contributed by atoms with Crippen LogP contribution in [0.1, 0.15) is 5.56 Å². The van der Waals surface area contributed by atoms with E-state index in [-0.39, 0.29) is 0 Å². The average molecular weight is 232 g/mol. The Morgan fingerprint density at radius 2 is 1.78 bits per heavy atom. The average Bonchev–Trinajstić information content (AvgIpc) is 2.46. The molecular weight excluding hydrogens is 220 g/mol. The van der Waals surface area contributed by atoms with Gasteiger partial charge in [0.05, 0.1) is 5.69 Å². The van der Waals surface area contributed by atoms with Crippen molar-refractivity contribution < 1.29 is 0 Å². The van der Waals surface area contributed by atoms with E-state index in [0.717, 1.165) is 12.4 Å². The van der Waals surface area contributed by atoms with E-state index in [1.807, 2.05) is 6.21 Å². The predicted molar refractivity (Wildman–Crippen MR) is 74.9 cm³/mol. The monoisotopic (exact) mass is 232 g/mol. The number of nitrogens with zero attached hydrogens (tertiary/aromatic N) is 2.